The molecule has 0 N–H and O–H groups in total. The molecule has 3 nitrogen and oxygen atoms in total. The van der Waals surface area contributed by atoms with E-state index < -0.39 is 19.6 Å². The summed E-state index contributed by atoms with van der Waals surface area (Å²) in [6.07, 6.45) is 7.06. The Morgan fingerprint density at radius 1 is 0.804 bits per heavy atom. The molecule has 1 radical (unpaired) electrons. The Hall–Kier alpha value is -4.11. The molecule has 1 fully saturated rings. The number of pyridine rings is 2. The second-order valence-electron chi connectivity index (χ2n) is 12.5. The zero-order chi connectivity index (χ0) is 36.9. The van der Waals surface area contributed by atoms with Crippen LogP contribution < -0.4 is 0 Å². The fraction of sp³-hybridized carbons (Fsp3) is 0.238. The van der Waals surface area contributed by atoms with Crippen LogP contribution in [0.25, 0.3) is 55.2 Å². The maximum Gasteiger partial charge on any atom is 0.128 e. The van der Waals surface area contributed by atoms with E-state index in [1.807, 2.05) is 24.4 Å². The fourth-order valence-electron chi connectivity index (χ4n) is 6.10. The molecule has 0 bridgehead atoms. The van der Waals surface area contributed by atoms with Crippen molar-refractivity contribution in [1.82, 2.24) is 9.97 Å². The van der Waals surface area contributed by atoms with Crippen molar-refractivity contribution in [2.24, 2.45) is 5.41 Å². The van der Waals surface area contributed by atoms with Gasteiger partial charge in [0, 0.05) is 52.9 Å². The van der Waals surface area contributed by atoms with Crippen LogP contribution in [-0.2, 0) is 20.1 Å². The van der Waals surface area contributed by atoms with Crippen LogP contribution in [0.5, 0.6) is 0 Å². The van der Waals surface area contributed by atoms with Crippen LogP contribution >= 0.6 is 0 Å². The Balaban J connectivity index is 0.000000199. The van der Waals surface area contributed by atoms with Crippen molar-refractivity contribution < 1.29 is 34.1 Å². The molecule has 233 valence electrons. The summed E-state index contributed by atoms with van der Waals surface area (Å²) in [6.45, 7) is 0.283. The number of hydrogen-bond acceptors (Lipinski definition) is 3. The van der Waals surface area contributed by atoms with E-state index in [2.05, 4.69) is 78.4 Å². The first-order valence-electron chi connectivity index (χ1n) is 18.8. The maximum atomic E-state index is 9.18. The first-order valence-corrected chi connectivity index (χ1v) is 15.3. The summed E-state index contributed by atoms with van der Waals surface area (Å²) in [6, 6.07) is 34.5. The van der Waals surface area contributed by atoms with E-state index in [0.717, 1.165) is 69.8 Å². The van der Waals surface area contributed by atoms with Gasteiger partial charge in [-0.3, -0.25) is 0 Å². The molecular formula is C42H38IrN2O-2. The Kier molecular flexibility index (Phi) is 6.98. The van der Waals surface area contributed by atoms with E-state index in [1.54, 1.807) is 12.1 Å². The van der Waals surface area contributed by atoms with Crippen molar-refractivity contribution in [3.8, 4) is 22.5 Å². The third-order valence-corrected chi connectivity index (χ3v) is 8.81. The third kappa shape index (κ3) is 6.56. The zero-order valence-electron chi connectivity index (χ0n) is 32.8. The van der Waals surface area contributed by atoms with Crippen LogP contribution in [0.1, 0.15) is 71.7 Å². The SMILES string of the molecule is [2H]C([2H])([2H])c1c[c-]c(-c2ccc(C([2H])([2H])[2H])cn2)cc1.[2H]C1(c2ccnc(-c3[c-]ccc4c3oc3c5ccccc5ccc43)c2)CCC(C)(C)CC1.[Ir]. The fourth-order valence-corrected chi connectivity index (χ4v) is 6.10. The Morgan fingerprint density at radius 3 is 2.37 bits per heavy atom. The summed E-state index contributed by atoms with van der Waals surface area (Å²) in [5.74, 6) is -0.550. The van der Waals surface area contributed by atoms with Gasteiger partial charge in [0.1, 0.15) is 5.58 Å². The first-order chi connectivity index (χ1) is 24.6. The first kappa shape index (κ1) is 24.1. The smallest absolute Gasteiger partial charge is 0.128 e. The molecule has 0 unspecified atom stereocenters. The van der Waals surface area contributed by atoms with Crippen molar-refractivity contribution in [2.75, 3.05) is 0 Å². The number of rotatable bonds is 3. The molecule has 0 amide bonds. The third-order valence-electron chi connectivity index (χ3n) is 8.81. The number of aryl methyl sites for hydroxylation is 2. The van der Waals surface area contributed by atoms with Gasteiger partial charge in [0.15, 0.2) is 0 Å². The van der Waals surface area contributed by atoms with Crippen LogP contribution in [0, 0.1) is 31.3 Å². The summed E-state index contributed by atoms with van der Waals surface area (Å²) in [5, 5.41) is 4.47. The Labute approximate surface area is 295 Å². The van der Waals surface area contributed by atoms with Crippen molar-refractivity contribution in [1.29, 1.82) is 0 Å². The van der Waals surface area contributed by atoms with Crippen LogP contribution in [0.4, 0.5) is 0 Å². The Bertz CT molecular complexity index is 2320. The van der Waals surface area contributed by atoms with E-state index in [9.17, 15) is 1.37 Å². The molecule has 0 spiro atoms. The van der Waals surface area contributed by atoms with E-state index in [-0.39, 0.29) is 31.2 Å². The molecule has 4 aromatic carbocycles. The predicted octanol–water partition coefficient (Wildman–Crippen LogP) is 11.4. The normalized spacial score (nSPS) is 18.0. The largest absolute Gasteiger partial charge is 0.500 e. The van der Waals surface area contributed by atoms with Gasteiger partial charge in [0.25, 0.3) is 0 Å². The van der Waals surface area contributed by atoms with Gasteiger partial charge in [-0.05, 0) is 72.2 Å². The number of fused-ring (bicyclic) bond motifs is 5. The van der Waals surface area contributed by atoms with Gasteiger partial charge in [0.2, 0.25) is 0 Å². The quantitative estimate of drug-likeness (QED) is 0.168. The maximum absolute atomic E-state index is 9.18. The van der Waals surface area contributed by atoms with Crippen LogP contribution in [0.2, 0.25) is 0 Å². The molecule has 1 saturated carbocycles. The van der Waals surface area contributed by atoms with Crippen LogP contribution in [-0.4, -0.2) is 9.97 Å². The average Bonchev–Trinajstić information content (AvgIpc) is 3.52. The van der Waals surface area contributed by atoms with Gasteiger partial charge >= 0.3 is 0 Å². The van der Waals surface area contributed by atoms with Gasteiger partial charge in [-0.2, -0.15) is 0 Å². The van der Waals surface area contributed by atoms with Gasteiger partial charge in [0.05, 0.1) is 5.58 Å². The van der Waals surface area contributed by atoms with Crippen LogP contribution in [0.3, 0.4) is 0 Å². The van der Waals surface area contributed by atoms with E-state index in [0.29, 0.717) is 16.7 Å². The summed E-state index contributed by atoms with van der Waals surface area (Å²) < 4.78 is 59.3. The second kappa shape index (κ2) is 13.3. The predicted molar refractivity (Wildman–Crippen MR) is 186 cm³/mol. The summed E-state index contributed by atoms with van der Waals surface area (Å²) >= 11 is 0. The average molecular weight is 786 g/mol. The monoisotopic (exact) mass is 786 g/mol. The van der Waals surface area contributed by atoms with E-state index in [1.165, 1.54) is 29.8 Å². The summed E-state index contributed by atoms with van der Waals surface area (Å²) in [7, 11) is 0. The molecule has 0 aliphatic heterocycles. The molecule has 4 heteroatoms. The minimum absolute atomic E-state index is 0. The van der Waals surface area contributed by atoms with Crippen molar-refractivity contribution in [3.05, 3.63) is 132 Å². The zero-order valence-corrected chi connectivity index (χ0v) is 28.2. The minimum atomic E-state index is -2.18. The number of benzene rings is 4. The van der Waals surface area contributed by atoms with Crippen molar-refractivity contribution in [3.63, 3.8) is 0 Å². The number of nitrogens with zero attached hydrogens (tertiary/aromatic N) is 2. The second-order valence-corrected chi connectivity index (χ2v) is 12.5. The van der Waals surface area contributed by atoms with Gasteiger partial charge < -0.3 is 14.4 Å². The molecule has 46 heavy (non-hydrogen) atoms. The molecule has 1 aliphatic carbocycles. The molecule has 1 aliphatic rings. The summed E-state index contributed by atoms with van der Waals surface area (Å²) in [5.41, 5.74) is 6.33. The number of aromatic nitrogens is 2. The summed E-state index contributed by atoms with van der Waals surface area (Å²) in [4.78, 5) is 8.75. The number of hydrogen-bond donors (Lipinski definition) is 0. The van der Waals surface area contributed by atoms with Crippen molar-refractivity contribution in [2.45, 2.75) is 59.1 Å². The molecule has 7 aromatic rings. The Morgan fingerprint density at radius 2 is 1.61 bits per heavy atom. The molecule has 0 saturated heterocycles. The molecular weight excluding hydrogens is 741 g/mol. The standard InChI is InChI=1S/C29H26NO.C13H12N.Ir/c1-29(2)15-12-19(13-16-29)21-14-17-30-26(18-21)25-9-5-8-23-24-11-10-20-6-3-4-7-22(20)27(24)31-28(23)25;1-10-3-6-12(7-4-10)13-8-5-11(2)9-14-13;/h3-8,10-11,14,17-19H,12-13,15-16H2,1-2H3;3-6,8-9H,1-2H3;/q2*-1;/i19D;1D3,2D3;. The number of furan rings is 1. The van der Waals surface area contributed by atoms with E-state index in [4.69, 9.17) is 12.6 Å². The van der Waals surface area contributed by atoms with Gasteiger partial charge in [-0.25, -0.2) is 0 Å². The molecule has 0 atom stereocenters. The molecule has 3 aromatic heterocycles. The van der Waals surface area contributed by atoms with Gasteiger partial charge in [-0.1, -0.05) is 91.8 Å². The molecule has 8 rings (SSSR count). The minimum Gasteiger partial charge on any atom is -0.500 e. The van der Waals surface area contributed by atoms with E-state index >= 15 is 0 Å². The molecule has 3 heterocycles. The van der Waals surface area contributed by atoms with Gasteiger partial charge in [-0.15, -0.1) is 53.6 Å². The van der Waals surface area contributed by atoms with Crippen LogP contribution in [0.15, 0.2) is 108 Å². The van der Waals surface area contributed by atoms with Crippen molar-refractivity contribution >= 4 is 32.7 Å². The topological polar surface area (TPSA) is 38.9 Å².